The highest BCUT2D eigenvalue weighted by molar-refractivity contribution is 6.29. The quantitative estimate of drug-likeness (QED) is 0.144. The van der Waals surface area contributed by atoms with E-state index in [1.54, 1.807) is 7.85 Å². The number of nitrogens with zero attached hydrogens (tertiary/aromatic N) is 1. The van der Waals surface area contributed by atoms with Crippen LogP contribution in [0, 0.1) is 0 Å². The highest BCUT2D eigenvalue weighted by Gasteiger charge is 2.35. The molecule has 0 radical (unpaired) electrons. The molecule has 1 heterocycles. The molecule has 9 nitrogen and oxygen atoms in total. The lowest BCUT2D eigenvalue weighted by molar-refractivity contribution is -0.138. The highest BCUT2D eigenvalue weighted by atomic mass is 16.5. The van der Waals surface area contributed by atoms with Gasteiger partial charge in [-0.25, -0.2) is 0 Å². The summed E-state index contributed by atoms with van der Waals surface area (Å²) in [6.07, 6.45) is 8.64. The first kappa shape index (κ1) is 30.1. The minimum Gasteiger partial charge on any atom is -0.396 e. The van der Waals surface area contributed by atoms with Crippen LogP contribution in [0.3, 0.4) is 0 Å². The maximum atomic E-state index is 11.9. The molecule has 1 atom stereocenters. The van der Waals surface area contributed by atoms with Crippen LogP contribution in [-0.2, 0) is 23.9 Å². The van der Waals surface area contributed by atoms with Gasteiger partial charge in [0.15, 0.2) is 0 Å². The molecule has 0 saturated carbocycles. The van der Waals surface area contributed by atoms with E-state index in [2.05, 4.69) is 10.6 Å². The van der Waals surface area contributed by atoms with E-state index in [4.69, 9.17) is 9.84 Å². The fourth-order valence-corrected chi connectivity index (χ4v) is 3.85. The second-order valence-corrected chi connectivity index (χ2v) is 9.75. The normalized spacial score (nSPS) is 16.2. The van der Waals surface area contributed by atoms with Crippen molar-refractivity contribution < 1.29 is 29.0 Å². The topological polar surface area (TPSA) is 125 Å². The van der Waals surface area contributed by atoms with Gasteiger partial charge in [0.2, 0.25) is 23.6 Å². The van der Waals surface area contributed by atoms with E-state index < -0.39 is 0 Å². The smallest absolute Gasteiger partial charge is 0.229 e. The van der Waals surface area contributed by atoms with Crippen LogP contribution in [-0.4, -0.2) is 79.9 Å². The Morgan fingerprint density at radius 3 is 2.21 bits per heavy atom. The number of likely N-dealkylation sites (tertiary alicyclic amines) is 1. The van der Waals surface area contributed by atoms with Crippen molar-refractivity contribution in [3.63, 3.8) is 0 Å². The Morgan fingerprint density at radius 2 is 1.59 bits per heavy atom. The van der Waals surface area contributed by atoms with Crippen LogP contribution in [0.1, 0.15) is 84.5 Å². The standard InChI is InChI=1S/C24H44BN3O6/c1-24(2,12-16-29)34-17-14-27-20(30)10-8-6-4-3-5-7-9-13-26-21(31)11-15-28-22(32)18-19(25)23(28)33/h19,29H,3-18,25H2,1-2H3,(H,26,31)(H,27,30). The first-order valence-corrected chi connectivity index (χ1v) is 12.8. The number of carbonyl (C=O) groups excluding carboxylic acids is 4. The zero-order chi connectivity index (χ0) is 25.4. The molecule has 0 aromatic rings. The van der Waals surface area contributed by atoms with Crippen LogP contribution in [0.5, 0.6) is 0 Å². The van der Waals surface area contributed by atoms with Crippen molar-refractivity contribution >= 4 is 31.5 Å². The molecule has 4 amide bonds. The van der Waals surface area contributed by atoms with E-state index in [1.165, 1.54) is 4.90 Å². The summed E-state index contributed by atoms with van der Waals surface area (Å²) >= 11 is 0. The third kappa shape index (κ3) is 13.1. The highest BCUT2D eigenvalue weighted by Crippen LogP contribution is 2.21. The molecule has 1 saturated heterocycles. The summed E-state index contributed by atoms with van der Waals surface area (Å²) in [7, 11) is 1.73. The van der Waals surface area contributed by atoms with Gasteiger partial charge in [-0.3, -0.25) is 24.1 Å². The maximum absolute atomic E-state index is 11.9. The van der Waals surface area contributed by atoms with Crippen molar-refractivity contribution in [1.82, 2.24) is 15.5 Å². The van der Waals surface area contributed by atoms with E-state index in [9.17, 15) is 19.2 Å². The molecule has 0 aromatic heterocycles. The van der Waals surface area contributed by atoms with Gasteiger partial charge >= 0.3 is 0 Å². The third-order valence-electron chi connectivity index (χ3n) is 6.07. The molecule has 1 unspecified atom stereocenters. The van der Waals surface area contributed by atoms with Crippen LogP contribution < -0.4 is 10.6 Å². The molecule has 0 bridgehead atoms. The fourth-order valence-electron chi connectivity index (χ4n) is 3.85. The SMILES string of the molecule is BC1CC(=O)N(CCC(=O)NCCCCCCCCCC(=O)NCCOC(C)(C)CCO)C1=O. The molecule has 0 spiro atoms. The monoisotopic (exact) mass is 481 g/mol. The van der Waals surface area contributed by atoms with E-state index in [0.29, 0.717) is 32.5 Å². The van der Waals surface area contributed by atoms with Gasteiger partial charge < -0.3 is 20.5 Å². The maximum Gasteiger partial charge on any atom is 0.229 e. The summed E-state index contributed by atoms with van der Waals surface area (Å²) in [5, 5.41) is 14.7. The average Bonchev–Trinajstić information content (AvgIpc) is 3.01. The van der Waals surface area contributed by atoms with Crippen molar-refractivity contribution in [2.24, 2.45) is 0 Å². The first-order chi connectivity index (χ1) is 16.2. The van der Waals surface area contributed by atoms with Crippen molar-refractivity contribution in [2.75, 3.05) is 32.8 Å². The lowest BCUT2D eigenvalue weighted by Crippen LogP contribution is -2.34. The molecule has 1 rings (SSSR count). The summed E-state index contributed by atoms with van der Waals surface area (Å²) in [6.45, 7) is 5.63. The summed E-state index contributed by atoms with van der Waals surface area (Å²) < 4.78 is 5.65. The van der Waals surface area contributed by atoms with Crippen LogP contribution >= 0.6 is 0 Å². The predicted octanol–water partition coefficient (Wildman–Crippen LogP) is 1.09. The second-order valence-electron chi connectivity index (χ2n) is 9.75. The summed E-state index contributed by atoms with van der Waals surface area (Å²) in [5.41, 5.74) is -0.374. The molecule has 0 aromatic carbocycles. The minimum absolute atomic E-state index is 0.0484. The number of rotatable bonds is 19. The Kier molecular flexibility index (Phi) is 14.7. The number of hydrogen-bond donors (Lipinski definition) is 3. The number of ether oxygens (including phenoxy) is 1. The molecular formula is C24H44BN3O6. The largest absolute Gasteiger partial charge is 0.396 e. The van der Waals surface area contributed by atoms with Crippen molar-refractivity contribution in [3.05, 3.63) is 0 Å². The first-order valence-electron chi connectivity index (χ1n) is 12.8. The molecule has 0 aliphatic carbocycles. The Morgan fingerprint density at radius 1 is 1.00 bits per heavy atom. The number of amides is 4. The molecule has 34 heavy (non-hydrogen) atoms. The van der Waals surface area contributed by atoms with Crippen molar-refractivity contribution in [1.29, 1.82) is 0 Å². The predicted molar refractivity (Wildman–Crippen MR) is 133 cm³/mol. The molecule has 3 N–H and O–H groups in total. The van der Waals surface area contributed by atoms with Crippen molar-refractivity contribution in [2.45, 2.75) is 95.9 Å². The van der Waals surface area contributed by atoms with Crippen LogP contribution in [0.25, 0.3) is 0 Å². The Balaban J connectivity index is 1.89. The number of hydrogen-bond acceptors (Lipinski definition) is 6. The van der Waals surface area contributed by atoms with E-state index in [1.807, 2.05) is 13.8 Å². The van der Waals surface area contributed by atoms with Crippen LogP contribution in [0.15, 0.2) is 0 Å². The van der Waals surface area contributed by atoms with Gasteiger partial charge in [0.05, 0.1) is 12.2 Å². The zero-order valence-corrected chi connectivity index (χ0v) is 21.3. The van der Waals surface area contributed by atoms with Gasteiger partial charge in [0, 0.05) is 51.3 Å². The Bertz CT molecular complexity index is 659. The fraction of sp³-hybridized carbons (Fsp3) is 0.833. The number of carbonyl (C=O) groups is 4. The van der Waals surface area contributed by atoms with E-state index >= 15 is 0 Å². The van der Waals surface area contributed by atoms with Gasteiger partial charge in [-0.2, -0.15) is 0 Å². The third-order valence-corrected chi connectivity index (χ3v) is 6.07. The number of aliphatic hydroxyl groups excluding tert-OH is 1. The number of aliphatic hydroxyl groups is 1. The van der Waals surface area contributed by atoms with E-state index in [0.717, 1.165) is 44.9 Å². The summed E-state index contributed by atoms with van der Waals surface area (Å²) in [5.74, 6) is -0.711. The number of imide groups is 1. The van der Waals surface area contributed by atoms with Crippen LogP contribution in [0.2, 0.25) is 5.82 Å². The van der Waals surface area contributed by atoms with Gasteiger partial charge in [-0.15, -0.1) is 0 Å². The summed E-state index contributed by atoms with van der Waals surface area (Å²) in [6, 6.07) is 0. The lowest BCUT2D eigenvalue weighted by Gasteiger charge is -2.24. The molecule has 194 valence electrons. The molecular weight excluding hydrogens is 437 g/mol. The van der Waals surface area contributed by atoms with Crippen molar-refractivity contribution in [3.8, 4) is 0 Å². The Labute approximate surface area is 205 Å². The molecule has 1 aliphatic heterocycles. The molecule has 10 heteroatoms. The second kappa shape index (κ2) is 16.7. The van der Waals surface area contributed by atoms with Gasteiger partial charge in [0.25, 0.3) is 0 Å². The average molecular weight is 481 g/mol. The van der Waals surface area contributed by atoms with Gasteiger partial charge in [0.1, 0.15) is 7.85 Å². The summed E-state index contributed by atoms with van der Waals surface area (Å²) in [4.78, 5) is 48.5. The zero-order valence-electron chi connectivity index (χ0n) is 21.3. The van der Waals surface area contributed by atoms with Gasteiger partial charge in [-0.1, -0.05) is 32.1 Å². The minimum atomic E-state index is -0.374. The van der Waals surface area contributed by atoms with E-state index in [-0.39, 0.29) is 61.0 Å². The molecule has 1 aliphatic rings. The lowest BCUT2D eigenvalue weighted by atomic mass is 9.86. The molecule has 1 fully saturated rings. The number of unbranched alkanes of at least 4 members (excludes halogenated alkanes) is 6. The Hall–Kier alpha value is -1.94. The van der Waals surface area contributed by atoms with Crippen LogP contribution in [0.4, 0.5) is 0 Å². The number of nitrogens with one attached hydrogen (secondary N) is 2. The van der Waals surface area contributed by atoms with Gasteiger partial charge in [-0.05, 0) is 33.1 Å².